The molecular formula is C61H111N3O4. The van der Waals surface area contributed by atoms with Crippen LogP contribution < -0.4 is 0 Å². The van der Waals surface area contributed by atoms with Crippen molar-refractivity contribution in [3.63, 3.8) is 0 Å². The summed E-state index contributed by atoms with van der Waals surface area (Å²) in [6, 6.07) is 0. The van der Waals surface area contributed by atoms with Crippen LogP contribution in [0.4, 0.5) is 0 Å². The minimum Gasteiger partial charge on any atom is -0.392 e. The third-order valence-corrected chi connectivity index (χ3v) is 12.8. The van der Waals surface area contributed by atoms with Crippen molar-refractivity contribution < 1.29 is 20.4 Å². The van der Waals surface area contributed by atoms with Crippen molar-refractivity contribution in [2.45, 2.75) is 232 Å². The number of hydrogen-bond acceptors (Lipinski definition) is 7. The zero-order valence-corrected chi connectivity index (χ0v) is 45.1. The van der Waals surface area contributed by atoms with E-state index in [0.717, 1.165) is 155 Å². The van der Waals surface area contributed by atoms with E-state index in [2.05, 4.69) is 147 Å². The fourth-order valence-electron chi connectivity index (χ4n) is 8.51. The van der Waals surface area contributed by atoms with Gasteiger partial charge in [-0.05, 0) is 137 Å². The molecule has 4 unspecified atom stereocenters. The smallest absolute Gasteiger partial charge is 0.0667 e. The van der Waals surface area contributed by atoms with Gasteiger partial charge in [0, 0.05) is 52.4 Å². The van der Waals surface area contributed by atoms with Crippen LogP contribution in [0.15, 0.2) is 97.2 Å². The zero-order chi connectivity index (χ0) is 49.8. The molecule has 0 spiro atoms. The van der Waals surface area contributed by atoms with E-state index in [1.54, 1.807) is 0 Å². The molecule has 0 bridgehead atoms. The largest absolute Gasteiger partial charge is 0.392 e. The van der Waals surface area contributed by atoms with Crippen LogP contribution in [-0.4, -0.2) is 119 Å². The van der Waals surface area contributed by atoms with Crippen LogP contribution in [-0.2, 0) is 0 Å². The molecule has 68 heavy (non-hydrogen) atoms. The van der Waals surface area contributed by atoms with Gasteiger partial charge < -0.3 is 25.3 Å². The molecule has 4 atom stereocenters. The Kier molecular flexibility index (Phi) is 50.6. The Hall–Kier alpha value is -2.36. The van der Waals surface area contributed by atoms with E-state index >= 15 is 0 Å². The summed E-state index contributed by atoms with van der Waals surface area (Å²) in [4.78, 5) is 6.93. The molecule has 0 aliphatic heterocycles. The molecule has 0 aliphatic carbocycles. The summed E-state index contributed by atoms with van der Waals surface area (Å²) in [5.74, 6) is 0. The summed E-state index contributed by atoms with van der Waals surface area (Å²) in [5, 5.41) is 44.8. The van der Waals surface area contributed by atoms with Gasteiger partial charge in [-0.1, -0.05) is 174 Å². The summed E-state index contributed by atoms with van der Waals surface area (Å²) >= 11 is 0. The average Bonchev–Trinajstić information content (AvgIpc) is 3.32. The fraction of sp³-hybridized carbons (Fsp3) is 0.738. The number of nitrogens with zero attached hydrogens (tertiary/aromatic N) is 3. The van der Waals surface area contributed by atoms with E-state index in [1.165, 1.54) is 51.4 Å². The van der Waals surface area contributed by atoms with Crippen molar-refractivity contribution >= 4 is 0 Å². The lowest BCUT2D eigenvalue weighted by atomic mass is 10.1. The maximum Gasteiger partial charge on any atom is 0.0667 e. The van der Waals surface area contributed by atoms with Crippen molar-refractivity contribution in [2.75, 3.05) is 59.4 Å². The summed E-state index contributed by atoms with van der Waals surface area (Å²) in [5.41, 5.74) is 0. The Balaban J connectivity index is 5.28. The van der Waals surface area contributed by atoms with Gasteiger partial charge in [-0.3, -0.25) is 9.80 Å². The fourth-order valence-corrected chi connectivity index (χ4v) is 8.51. The van der Waals surface area contributed by atoms with E-state index in [4.69, 9.17) is 0 Å². The second-order valence-corrected chi connectivity index (χ2v) is 19.5. The highest BCUT2D eigenvalue weighted by atomic mass is 16.3. The molecule has 0 heterocycles. The first-order chi connectivity index (χ1) is 33.2. The van der Waals surface area contributed by atoms with E-state index in [9.17, 15) is 20.4 Å². The second-order valence-electron chi connectivity index (χ2n) is 19.5. The minimum atomic E-state index is -0.400. The molecule has 0 saturated heterocycles. The molecule has 0 aromatic rings. The molecule has 0 fully saturated rings. The van der Waals surface area contributed by atoms with E-state index in [1.807, 2.05) is 0 Å². The van der Waals surface area contributed by atoms with Gasteiger partial charge in [0.2, 0.25) is 0 Å². The second kappa shape index (κ2) is 52.5. The first-order valence-corrected chi connectivity index (χ1v) is 28.2. The van der Waals surface area contributed by atoms with Crippen molar-refractivity contribution in [2.24, 2.45) is 0 Å². The Morgan fingerprint density at radius 1 is 0.294 bits per heavy atom. The van der Waals surface area contributed by atoms with Crippen LogP contribution in [0.3, 0.4) is 0 Å². The number of likely N-dealkylation sites (N-methyl/N-ethyl adjacent to an activating group) is 1. The molecule has 0 radical (unpaired) electrons. The van der Waals surface area contributed by atoms with Crippen LogP contribution in [0.25, 0.3) is 0 Å². The molecule has 0 rings (SSSR count). The SMILES string of the molecule is C/C=C\C/C=C\CCCCCCC(O)CN(CCN(C)CCN(CC(O)CCCCCC/C=C\C/C=C\C)CC(O)CCCCCC/C=C\C/C=C\C)CC(O)CCCCCC/C=C\C/C=C\C. The zero-order valence-electron chi connectivity index (χ0n) is 45.1. The molecule has 4 N–H and O–H groups in total. The van der Waals surface area contributed by atoms with Crippen LogP contribution in [0.2, 0.25) is 0 Å². The highest BCUT2D eigenvalue weighted by molar-refractivity contribution is 4.93. The summed E-state index contributed by atoms with van der Waals surface area (Å²) in [6.07, 6.45) is 63.6. The molecular weight excluding hydrogens is 839 g/mol. The minimum absolute atomic E-state index is 0.400. The van der Waals surface area contributed by atoms with Gasteiger partial charge in [0.1, 0.15) is 0 Å². The standard InChI is InChI=1S/C61H111N3O4/c1-6-10-14-18-22-26-30-34-38-42-46-58(65)54-63(55-59(66)47-43-39-35-31-27-23-19-15-11-7-2)52-50-62(5)51-53-64(56-60(67)48-44-40-36-32-28-24-20-16-12-8-3)57-61(68)49-45-41-37-33-29-25-21-17-13-9-4/h6-13,18-25,58-61,65-68H,14-17,26-57H2,1-5H3/b10-6-,11-7-,12-8-,13-9-,22-18-,23-19-,24-20-,25-21-. The lowest BCUT2D eigenvalue weighted by Gasteiger charge is -2.31. The maximum absolute atomic E-state index is 11.2. The molecule has 0 aliphatic rings. The predicted octanol–water partition coefficient (Wildman–Crippen LogP) is 14.4. The molecule has 0 saturated carbocycles. The van der Waals surface area contributed by atoms with Crippen molar-refractivity contribution in [1.29, 1.82) is 0 Å². The van der Waals surface area contributed by atoms with Crippen LogP contribution in [0, 0.1) is 0 Å². The predicted molar refractivity (Wildman–Crippen MR) is 299 cm³/mol. The van der Waals surface area contributed by atoms with Crippen molar-refractivity contribution in [3.05, 3.63) is 97.2 Å². The number of allylic oxidation sites excluding steroid dienone is 16. The van der Waals surface area contributed by atoms with E-state index in [0.29, 0.717) is 26.2 Å². The third-order valence-electron chi connectivity index (χ3n) is 12.8. The van der Waals surface area contributed by atoms with Gasteiger partial charge in [0.25, 0.3) is 0 Å². The molecule has 7 heteroatoms. The topological polar surface area (TPSA) is 90.6 Å². The van der Waals surface area contributed by atoms with Crippen molar-refractivity contribution in [3.8, 4) is 0 Å². The summed E-state index contributed by atoms with van der Waals surface area (Å²) in [7, 11) is 2.16. The first kappa shape index (κ1) is 65.6. The van der Waals surface area contributed by atoms with Gasteiger partial charge in [-0.2, -0.15) is 0 Å². The van der Waals surface area contributed by atoms with Crippen LogP contribution >= 0.6 is 0 Å². The lowest BCUT2D eigenvalue weighted by Crippen LogP contribution is -2.44. The van der Waals surface area contributed by atoms with Gasteiger partial charge in [-0.15, -0.1) is 0 Å². The summed E-state index contributed by atoms with van der Waals surface area (Å²) < 4.78 is 0. The third kappa shape index (κ3) is 48.7. The van der Waals surface area contributed by atoms with Gasteiger partial charge in [0.05, 0.1) is 24.4 Å². The Labute approximate surface area is 422 Å². The molecule has 7 nitrogen and oxygen atoms in total. The van der Waals surface area contributed by atoms with E-state index in [-0.39, 0.29) is 0 Å². The van der Waals surface area contributed by atoms with Crippen molar-refractivity contribution in [1.82, 2.24) is 14.7 Å². The summed E-state index contributed by atoms with van der Waals surface area (Å²) in [6.45, 7) is 13.8. The Morgan fingerprint density at radius 2 is 0.529 bits per heavy atom. The quantitative estimate of drug-likeness (QED) is 0.0357. The Morgan fingerprint density at radius 3 is 0.765 bits per heavy atom. The van der Waals surface area contributed by atoms with Crippen LogP contribution in [0.5, 0.6) is 0 Å². The Bertz CT molecular complexity index is 1100. The van der Waals surface area contributed by atoms with Gasteiger partial charge >= 0.3 is 0 Å². The highest BCUT2D eigenvalue weighted by Crippen LogP contribution is 2.15. The van der Waals surface area contributed by atoms with Crippen LogP contribution in [0.1, 0.15) is 207 Å². The monoisotopic (exact) mass is 950 g/mol. The lowest BCUT2D eigenvalue weighted by molar-refractivity contribution is 0.0492. The van der Waals surface area contributed by atoms with Gasteiger partial charge in [0.15, 0.2) is 0 Å². The number of rotatable bonds is 50. The highest BCUT2D eigenvalue weighted by Gasteiger charge is 2.19. The number of aliphatic hydroxyl groups excluding tert-OH is 4. The molecule has 394 valence electrons. The molecule has 0 aromatic carbocycles. The molecule has 0 aromatic heterocycles. The number of unbranched alkanes of at least 4 members (excludes halogenated alkanes) is 16. The average molecular weight is 951 g/mol. The molecule has 0 amide bonds. The normalized spacial score (nSPS) is 14.9. The first-order valence-electron chi connectivity index (χ1n) is 28.2. The van der Waals surface area contributed by atoms with Gasteiger partial charge in [-0.25, -0.2) is 0 Å². The van der Waals surface area contributed by atoms with E-state index < -0.39 is 24.4 Å². The number of hydrogen-bond donors (Lipinski definition) is 4. The number of aliphatic hydroxyl groups is 4. The maximum atomic E-state index is 11.2.